The second-order valence-corrected chi connectivity index (χ2v) is 6.36. The molecule has 2 aliphatic rings. The lowest BCUT2D eigenvalue weighted by molar-refractivity contribution is -0.0988. The maximum absolute atomic E-state index is 6.19. The molecule has 0 bridgehead atoms. The van der Waals surface area contributed by atoms with E-state index in [0.29, 0.717) is 12.2 Å². The minimum atomic E-state index is 0.146. The fourth-order valence-corrected chi connectivity index (χ4v) is 3.65. The van der Waals surface area contributed by atoms with Crippen LogP contribution < -0.4 is 5.73 Å². The fraction of sp³-hybridized carbons (Fsp3) is 1.00. The molecule has 2 saturated heterocycles. The lowest BCUT2D eigenvalue weighted by atomic mass is 9.82. The molecule has 2 fully saturated rings. The summed E-state index contributed by atoms with van der Waals surface area (Å²) in [5.41, 5.74) is 6.34. The topological polar surface area (TPSA) is 47.7 Å². The minimum absolute atomic E-state index is 0.146. The third-order valence-corrected chi connectivity index (χ3v) is 4.97. The van der Waals surface area contributed by atoms with Gasteiger partial charge in [0.2, 0.25) is 0 Å². The molecule has 0 radical (unpaired) electrons. The number of hydrogen-bond acceptors (Lipinski definition) is 4. The molecule has 4 nitrogen and oxygen atoms in total. The van der Waals surface area contributed by atoms with Crippen LogP contribution in [0.3, 0.4) is 0 Å². The summed E-state index contributed by atoms with van der Waals surface area (Å²) >= 11 is 0. The van der Waals surface area contributed by atoms with Crippen LogP contribution in [0.5, 0.6) is 0 Å². The summed E-state index contributed by atoms with van der Waals surface area (Å²) < 4.78 is 11.8. The number of nitrogens with two attached hydrogens (primary N) is 1. The second-order valence-electron chi connectivity index (χ2n) is 6.36. The van der Waals surface area contributed by atoms with Crippen LogP contribution >= 0.6 is 0 Å². The van der Waals surface area contributed by atoms with Gasteiger partial charge in [0, 0.05) is 31.8 Å². The second kappa shape index (κ2) is 7.74. The van der Waals surface area contributed by atoms with E-state index >= 15 is 0 Å². The summed E-state index contributed by atoms with van der Waals surface area (Å²) in [4.78, 5) is 2.61. The van der Waals surface area contributed by atoms with Crippen LogP contribution in [-0.4, -0.2) is 55.5 Å². The van der Waals surface area contributed by atoms with Gasteiger partial charge >= 0.3 is 0 Å². The van der Waals surface area contributed by atoms with Crippen molar-refractivity contribution in [1.82, 2.24) is 4.90 Å². The van der Waals surface area contributed by atoms with Crippen molar-refractivity contribution in [3.05, 3.63) is 0 Å². The molecule has 3 unspecified atom stereocenters. The Labute approximate surface area is 124 Å². The highest BCUT2D eigenvalue weighted by Gasteiger charge is 2.42. The van der Waals surface area contributed by atoms with Crippen molar-refractivity contribution < 1.29 is 9.47 Å². The van der Waals surface area contributed by atoms with E-state index < -0.39 is 0 Å². The van der Waals surface area contributed by atoms with Gasteiger partial charge in [0.15, 0.2) is 0 Å². The molecule has 118 valence electrons. The molecule has 0 amide bonds. The van der Waals surface area contributed by atoms with E-state index in [-0.39, 0.29) is 5.54 Å². The Morgan fingerprint density at radius 1 is 1.40 bits per heavy atom. The first-order valence-electron chi connectivity index (χ1n) is 8.42. The maximum Gasteiger partial charge on any atom is 0.0702 e. The Bertz CT molecular complexity index is 288. The van der Waals surface area contributed by atoms with Crippen molar-refractivity contribution in [2.45, 2.75) is 70.1 Å². The quantitative estimate of drug-likeness (QED) is 0.812. The normalized spacial score (nSPS) is 36.1. The van der Waals surface area contributed by atoms with E-state index in [1.807, 2.05) is 0 Å². The number of piperidine rings is 1. The zero-order chi connectivity index (χ0) is 14.4. The van der Waals surface area contributed by atoms with Crippen molar-refractivity contribution in [3.63, 3.8) is 0 Å². The number of nitrogens with zero attached hydrogens (tertiary/aromatic N) is 1. The van der Waals surface area contributed by atoms with Gasteiger partial charge in [-0.15, -0.1) is 0 Å². The Balaban J connectivity index is 1.98. The number of ether oxygens (including phenoxy) is 2. The highest BCUT2D eigenvalue weighted by Crippen LogP contribution is 2.33. The van der Waals surface area contributed by atoms with Crippen molar-refractivity contribution in [3.8, 4) is 0 Å². The summed E-state index contributed by atoms with van der Waals surface area (Å²) in [5.74, 6) is 0. The third kappa shape index (κ3) is 3.73. The zero-order valence-electron chi connectivity index (χ0n) is 13.3. The van der Waals surface area contributed by atoms with Crippen LogP contribution in [-0.2, 0) is 9.47 Å². The van der Waals surface area contributed by atoms with Crippen LogP contribution in [0.15, 0.2) is 0 Å². The monoisotopic (exact) mass is 284 g/mol. The smallest absolute Gasteiger partial charge is 0.0702 e. The molecule has 2 rings (SSSR count). The van der Waals surface area contributed by atoms with Gasteiger partial charge in [-0.1, -0.05) is 13.8 Å². The predicted octanol–water partition coefficient (Wildman–Crippen LogP) is 2.16. The van der Waals surface area contributed by atoms with Crippen molar-refractivity contribution in [2.75, 3.05) is 32.8 Å². The van der Waals surface area contributed by atoms with Crippen LogP contribution in [0.1, 0.15) is 52.4 Å². The van der Waals surface area contributed by atoms with Gasteiger partial charge in [0.25, 0.3) is 0 Å². The highest BCUT2D eigenvalue weighted by atomic mass is 16.5. The largest absolute Gasteiger partial charge is 0.378 e. The zero-order valence-corrected chi connectivity index (χ0v) is 13.3. The van der Waals surface area contributed by atoms with Gasteiger partial charge in [-0.25, -0.2) is 0 Å². The van der Waals surface area contributed by atoms with E-state index in [2.05, 4.69) is 18.7 Å². The highest BCUT2D eigenvalue weighted by molar-refractivity contribution is 4.98. The standard InChI is InChI=1S/C16H32N2O2/c1-3-9-19-15-6-5-8-18(12-15)16(13-17)7-10-20-14(4-2)11-16/h14-15H,3-13,17H2,1-2H3. The summed E-state index contributed by atoms with van der Waals surface area (Å²) in [6.07, 6.45) is 7.55. The van der Waals surface area contributed by atoms with E-state index in [0.717, 1.165) is 52.0 Å². The molecular formula is C16H32N2O2. The van der Waals surface area contributed by atoms with Gasteiger partial charge in [-0.05, 0) is 45.1 Å². The predicted molar refractivity (Wildman–Crippen MR) is 81.9 cm³/mol. The molecule has 0 aromatic carbocycles. The lowest BCUT2D eigenvalue weighted by Gasteiger charge is -2.50. The van der Waals surface area contributed by atoms with Gasteiger partial charge < -0.3 is 15.2 Å². The minimum Gasteiger partial charge on any atom is -0.378 e. The van der Waals surface area contributed by atoms with Crippen LogP contribution in [0.4, 0.5) is 0 Å². The molecule has 0 spiro atoms. The maximum atomic E-state index is 6.19. The van der Waals surface area contributed by atoms with Crippen molar-refractivity contribution in [1.29, 1.82) is 0 Å². The molecule has 20 heavy (non-hydrogen) atoms. The Morgan fingerprint density at radius 3 is 2.95 bits per heavy atom. The van der Waals surface area contributed by atoms with Crippen LogP contribution in [0.25, 0.3) is 0 Å². The van der Waals surface area contributed by atoms with Gasteiger partial charge in [0.1, 0.15) is 0 Å². The average Bonchev–Trinajstić information content (AvgIpc) is 2.53. The number of hydrogen-bond donors (Lipinski definition) is 1. The van der Waals surface area contributed by atoms with E-state index in [4.69, 9.17) is 15.2 Å². The number of rotatable bonds is 6. The first kappa shape index (κ1) is 16.2. The van der Waals surface area contributed by atoms with Gasteiger partial charge in [0.05, 0.1) is 12.2 Å². The average molecular weight is 284 g/mol. The molecule has 0 aromatic heterocycles. The number of likely N-dealkylation sites (tertiary alicyclic amines) is 1. The van der Waals surface area contributed by atoms with E-state index in [1.54, 1.807) is 0 Å². The molecule has 0 aliphatic carbocycles. The third-order valence-electron chi connectivity index (χ3n) is 4.97. The lowest BCUT2D eigenvalue weighted by Crippen LogP contribution is -2.61. The molecule has 0 aromatic rings. The van der Waals surface area contributed by atoms with Crippen LogP contribution in [0.2, 0.25) is 0 Å². The Hall–Kier alpha value is -0.160. The van der Waals surface area contributed by atoms with Gasteiger partial charge in [-0.3, -0.25) is 4.90 Å². The summed E-state index contributed by atoms with van der Waals surface area (Å²) in [6.45, 7) is 9.08. The van der Waals surface area contributed by atoms with Crippen LogP contribution in [0, 0.1) is 0 Å². The van der Waals surface area contributed by atoms with Crippen molar-refractivity contribution in [2.24, 2.45) is 5.73 Å². The van der Waals surface area contributed by atoms with E-state index in [9.17, 15) is 0 Å². The molecule has 0 saturated carbocycles. The summed E-state index contributed by atoms with van der Waals surface area (Å²) in [6, 6.07) is 0. The molecule has 2 heterocycles. The molecular weight excluding hydrogens is 252 g/mol. The molecule has 3 atom stereocenters. The Morgan fingerprint density at radius 2 is 2.25 bits per heavy atom. The molecule has 2 N–H and O–H groups in total. The van der Waals surface area contributed by atoms with E-state index in [1.165, 1.54) is 19.4 Å². The van der Waals surface area contributed by atoms with Crippen molar-refractivity contribution >= 4 is 0 Å². The summed E-state index contributed by atoms with van der Waals surface area (Å²) in [7, 11) is 0. The summed E-state index contributed by atoms with van der Waals surface area (Å²) in [5, 5.41) is 0. The molecule has 4 heteroatoms. The first-order valence-corrected chi connectivity index (χ1v) is 8.42. The Kier molecular flexibility index (Phi) is 6.27. The fourth-order valence-electron chi connectivity index (χ4n) is 3.65. The van der Waals surface area contributed by atoms with Gasteiger partial charge in [-0.2, -0.15) is 0 Å². The molecule has 2 aliphatic heterocycles. The first-order chi connectivity index (χ1) is 9.74. The SMILES string of the molecule is CCCOC1CCCN(C2(CN)CCOC(CC)C2)C1.